The molecule has 2 rings (SSSR count). The molecule has 2 aliphatic heterocycles. The van der Waals surface area contributed by atoms with Crippen molar-refractivity contribution in [1.29, 1.82) is 0 Å². The van der Waals surface area contributed by atoms with Crippen LogP contribution < -0.4 is 118 Å². The molecule has 0 aliphatic carbocycles. The van der Waals surface area contributed by atoms with E-state index in [9.17, 15) is 67.2 Å². The minimum atomic E-state index is -5.95. The van der Waals surface area contributed by atoms with Crippen molar-refractivity contribution < 1.29 is 221 Å². The van der Waals surface area contributed by atoms with E-state index in [1.54, 1.807) is 0 Å². The van der Waals surface area contributed by atoms with E-state index in [0.717, 1.165) is 7.11 Å². The molecule has 0 saturated carbocycles. The van der Waals surface area contributed by atoms with Gasteiger partial charge in [-0.3, -0.25) is 16.7 Å². The van der Waals surface area contributed by atoms with Crippen LogP contribution in [0, 0.1) is 0 Å². The van der Waals surface area contributed by atoms with Crippen molar-refractivity contribution in [3.8, 4) is 0 Å². The van der Waals surface area contributed by atoms with Gasteiger partial charge in [0.1, 0.15) is 36.6 Å². The second-order valence-corrected chi connectivity index (χ2v) is 11.8. The summed E-state index contributed by atoms with van der Waals surface area (Å²) in [5.41, 5.74) is 0. The summed E-state index contributed by atoms with van der Waals surface area (Å²) >= 11 is 0. The molecule has 0 spiro atoms. The second-order valence-electron chi connectivity index (χ2n) is 7.69. The predicted octanol–water partition coefficient (Wildman–Crippen LogP) is -18.8. The summed E-state index contributed by atoms with van der Waals surface area (Å²) < 4.78 is 171. The van der Waals surface area contributed by atoms with Gasteiger partial charge in [-0.1, -0.05) is 0 Å². The van der Waals surface area contributed by atoms with E-state index in [2.05, 4.69) is 16.7 Å². The number of hydrogen-bond donors (Lipinski definition) is 3. The Labute approximate surface area is 339 Å². The zero-order valence-electron chi connectivity index (χ0n) is 23.3. The van der Waals surface area contributed by atoms with Crippen LogP contribution >= 0.6 is 0 Å². The minimum absolute atomic E-state index is 0. The van der Waals surface area contributed by atoms with Crippen LogP contribution in [0.2, 0.25) is 0 Å². The van der Waals surface area contributed by atoms with Crippen LogP contribution in [0.5, 0.6) is 0 Å². The predicted molar refractivity (Wildman–Crippen MR) is 108 cm³/mol. The Hall–Kier alpha value is 3.20. The van der Waals surface area contributed by atoms with Gasteiger partial charge in [-0.2, -0.15) is 0 Å². The van der Waals surface area contributed by atoms with Gasteiger partial charge in [-0.05, 0) is 0 Å². The first kappa shape index (κ1) is 51.6. The quantitative estimate of drug-likeness (QED) is 0.0890. The van der Waals surface area contributed by atoms with Crippen molar-refractivity contribution >= 4 is 41.6 Å². The molecule has 0 radical (unpaired) electrons. The Kier molecular flexibility index (Phi) is 24.5. The topological polar surface area (TPSA) is 363 Å². The van der Waals surface area contributed by atoms with E-state index in [1.807, 2.05) is 0 Å². The van der Waals surface area contributed by atoms with E-state index in [1.165, 1.54) is 0 Å². The summed E-state index contributed by atoms with van der Waals surface area (Å²) in [4.78, 5) is 0. The molecule has 23 nitrogen and oxygen atoms in total. The molecule has 2 aliphatic rings. The average Bonchev–Trinajstić information content (AvgIpc) is 2.76. The van der Waals surface area contributed by atoms with Crippen molar-refractivity contribution in [3.05, 3.63) is 0 Å². The van der Waals surface area contributed by atoms with Gasteiger partial charge in [0.2, 0.25) is 41.6 Å². The normalized spacial score (nSPS) is 33.1. The van der Waals surface area contributed by atoms with Gasteiger partial charge >= 0.3 is 118 Å². The SMILES string of the molecule is CO[C@@H]1O[C@H](COS(=O)(=O)[O-])[C@@H](O[C@H]2O[C@H](CO)[C@H](O)[C@H](O)[C@H]2OS(=O)(=O)[O-])[C@H](OS(=O)(=O)[O-])[C@H]1OS(=O)(=O)[O-].[Na+].[Na+].[Na+].[Na+]. The number of methoxy groups -OCH3 is 1. The fourth-order valence-corrected chi connectivity index (χ4v) is 5.30. The standard InChI is InChI=1S/C13H24O23S4.4Na/c1-29-12-11(36-40(26,27)28)10(35-39(23,24)25)8(5(32-12)3-30-37(17,18)19)33-13-9(34-38(20,21)22)7(16)6(15)4(2-14)31-13;;;;/h4-16H,2-3H2,1H3,(H,17,18,19)(H,20,21,22)(H,23,24,25)(H,26,27,28);;;;/q;4*+1/p-4/t4-,5-,6+,7+,8-,9-,10+,11-,12-,13-;;;;/m1..../s1. The Bertz CT molecular complexity index is 1300. The maximum atomic E-state index is 11.5. The molecule has 3 N–H and O–H groups in total. The third kappa shape index (κ3) is 16.9. The maximum Gasteiger partial charge on any atom is 1.00 e. The van der Waals surface area contributed by atoms with Gasteiger partial charge in [0.15, 0.2) is 24.8 Å². The molecule has 238 valence electrons. The van der Waals surface area contributed by atoms with Crippen LogP contribution in [0.15, 0.2) is 0 Å². The Morgan fingerprint density at radius 2 is 1.05 bits per heavy atom. The Morgan fingerprint density at radius 1 is 0.614 bits per heavy atom. The number of aliphatic hydroxyl groups excluding tert-OH is 3. The second kappa shape index (κ2) is 20.9. The zero-order chi connectivity index (χ0) is 30.8. The van der Waals surface area contributed by atoms with Gasteiger partial charge in [0.05, 0.1) is 13.2 Å². The number of hydrogen-bond acceptors (Lipinski definition) is 23. The van der Waals surface area contributed by atoms with E-state index < -0.39 is 116 Å². The third-order valence-electron chi connectivity index (χ3n) is 5.00. The summed E-state index contributed by atoms with van der Waals surface area (Å²) in [7, 11) is -22.4. The number of aliphatic hydroxyl groups is 3. The van der Waals surface area contributed by atoms with E-state index >= 15 is 0 Å². The van der Waals surface area contributed by atoms with E-state index in [4.69, 9.17) is 18.9 Å². The largest absolute Gasteiger partial charge is 1.00 e. The van der Waals surface area contributed by atoms with Crippen molar-refractivity contribution in [2.75, 3.05) is 20.3 Å². The van der Waals surface area contributed by atoms with Gasteiger partial charge in [-0.15, -0.1) is 0 Å². The molecule has 44 heavy (non-hydrogen) atoms. The molecule has 0 aromatic carbocycles. The molecule has 2 saturated heterocycles. The molecule has 0 aromatic rings. The molecular formula is C13H20Na4O23S4. The van der Waals surface area contributed by atoms with Crippen molar-refractivity contribution in [2.24, 2.45) is 0 Å². The first-order valence-corrected chi connectivity index (χ1v) is 15.4. The molecular weight excluding hydrogens is 744 g/mol. The first-order chi connectivity index (χ1) is 18.0. The first-order valence-electron chi connectivity index (χ1n) is 10.0. The van der Waals surface area contributed by atoms with Crippen LogP contribution in [0.25, 0.3) is 0 Å². The van der Waals surface area contributed by atoms with Crippen LogP contribution in [0.3, 0.4) is 0 Å². The maximum absolute atomic E-state index is 11.5. The molecule has 31 heteroatoms. The summed E-state index contributed by atoms with van der Waals surface area (Å²) in [5.74, 6) is 0. The summed E-state index contributed by atoms with van der Waals surface area (Å²) in [6, 6.07) is 0. The fourth-order valence-electron chi connectivity index (χ4n) is 3.56. The van der Waals surface area contributed by atoms with Crippen molar-refractivity contribution in [3.63, 3.8) is 0 Å². The fraction of sp³-hybridized carbons (Fsp3) is 1.00. The van der Waals surface area contributed by atoms with Gasteiger partial charge in [0, 0.05) is 7.11 Å². The van der Waals surface area contributed by atoms with Gasteiger partial charge in [-0.25, -0.2) is 33.7 Å². The summed E-state index contributed by atoms with van der Waals surface area (Å²) in [6.45, 7) is -2.61. The van der Waals surface area contributed by atoms with Crippen LogP contribution in [-0.4, -0.2) is 149 Å². The molecule has 0 unspecified atom stereocenters. The summed E-state index contributed by atoms with van der Waals surface area (Å²) in [6.07, 6.45) is -23.9. The Balaban J connectivity index is -0.00000420. The molecule has 0 amide bonds. The molecule has 0 bridgehead atoms. The molecule has 2 fully saturated rings. The van der Waals surface area contributed by atoms with E-state index in [-0.39, 0.29) is 118 Å². The smallest absolute Gasteiger partial charge is 0.726 e. The molecule has 0 aromatic heterocycles. The summed E-state index contributed by atoms with van der Waals surface area (Å²) in [5, 5.41) is 29.6. The minimum Gasteiger partial charge on any atom is -0.726 e. The zero-order valence-corrected chi connectivity index (χ0v) is 34.6. The average molecular weight is 765 g/mol. The molecule has 2 heterocycles. The molecule has 10 atom stereocenters. The van der Waals surface area contributed by atoms with Crippen LogP contribution in [-0.2, 0) is 77.3 Å². The third-order valence-corrected chi connectivity index (χ3v) is 6.80. The Morgan fingerprint density at radius 3 is 1.45 bits per heavy atom. The number of ether oxygens (including phenoxy) is 4. The van der Waals surface area contributed by atoms with Crippen LogP contribution in [0.1, 0.15) is 0 Å². The number of rotatable bonds is 13. The van der Waals surface area contributed by atoms with Crippen molar-refractivity contribution in [2.45, 2.75) is 61.4 Å². The van der Waals surface area contributed by atoms with Crippen LogP contribution in [0.4, 0.5) is 0 Å². The van der Waals surface area contributed by atoms with Gasteiger partial charge in [0.25, 0.3) is 0 Å². The van der Waals surface area contributed by atoms with E-state index in [0.29, 0.717) is 0 Å². The monoisotopic (exact) mass is 764 g/mol. The van der Waals surface area contributed by atoms with Crippen molar-refractivity contribution in [1.82, 2.24) is 0 Å². The van der Waals surface area contributed by atoms with Gasteiger partial charge < -0.3 is 52.5 Å².